The maximum atomic E-state index is 12.1. The minimum atomic E-state index is -0.260. The first-order valence-corrected chi connectivity index (χ1v) is 8.64. The molecule has 0 aliphatic carbocycles. The lowest BCUT2D eigenvalue weighted by atomic mass is 10.1. The van der Waals surface area contributed by atoms with Gasteiger partial charge in [0.1, 0.15) is 5.82 Å². The van der Waals surface area contributed by atoms with Crippen LogP contribution in [0.1, 0.15) is 28.7 Å². The standard InChI is InChI=1S/C20H22N4O2/c1-3-24-17-10-5-4-9-16(17)23-18(24)12-21-19(25)13-22-20(26)15-8-6-7-14(2)11-15/h4-11H,3,12-13H2,1-2H3,(H,21,25)(H,22,26). The van der Waals surface area contributed by atoms with E-state index < -0.39 is 0 Å². The first-order valence-electron chi connectivity index (χ1n) is 8.64. The summed E-state index contributed by atoms with van der Waals surface area (Å²) in [7, 11) is 0. The van der Waals surface area contributed by atoms with Gasteiger partial charge in [-0.2, -0.15) is 0 Å². The monoisotopic (exact) mass is 350 g/mol. The first-order chi connectivity index (χ1) is 12.6. The zero-order chi connectivity index (χ0) is 18.5. The van der Waals surface area contributed by atoms with Gasteiger partial charge in [0.05, 0.1) is 24.1 Å². The summed E-state index contributed by atoms with van der Waals surface area (Å²) in [6.45, 7) is 4.99. The van der Waals surface area contributed by atoms with E-state index in [1.165, 1.54) is 0 Å². The summed E-state index contributed by atoms with van der Waals surface area (Å²) in [6.07, 6.45) is 0. The molecule has 1 aromatic heterocycles. The third-order valence-corrected chi connectivity index (χ3v) is 4.18. The molecule has 6 heteroatoms. The van der Waals surface area contributed by atoms with E-state index in [1.807, 2.05) is 50.2 Å². The van der Waals surface area contributed by atoms with E-state index in [9.17, 15) is 9.59 Å². The van der Waals surface area contributed by atoms with Crippen molar-refractivity contribution in [2.75, 3.05) is 6.54 Å². The van der Waals surface area contributed by atoms with E-state index in [-0.39, 0.29) is 18.4 Å². The van der Waals surface area contributed by atoms with Gasteiger partial charge in [0.25, 0.3) is 5.91 Å². The molecule has 2 aromatic carbocycles. The number of nitrogens with one attached hydrogen (secondary N) is 2. The quantitative estimate of drug-likeness (QED) is 0.717. The van der Waals surface area contributed by atoms with Gasteiger partial charge >= 0.3 is 0 Å². The maximum Gasteiger partial charge on any atom is 0.251 e. The summed E-state index contributed by atoms with van der Waals surface area (Å²) in [5.41, 5.74) is 3.50. The Balaban J connectivity index is 1.57. The highest BCUT2D eigenvalue weighted by atomic mass is 16.2. The molecule has 0 saturated heterocycles. The fraction of sp³-hybridized carbons (Fsp3) is 0.250. The number of benzene rings is 2. The molecule has 0 spiro atoms. The summed E-state index contributed by atoms with van der Waals surface area (Å²) in [5, 5.41) is 5.46. The van der Waals surface area contributed by atoms with E-state index in [4.69, 9.17) is 0 Å². The third kappa shape index (κ3) is 3.91. The number of imidazole rings is 1. The molecule has 0 aliphatic heterocycles. The van der Waals surface area contributed by atoms with Gasteiger partial charge in [0, 0.05) is 12.1 Å². The minimum absolute atomic E-state index is 0.0703. The van der Waals surface area contributed by atoms with Gasteiger partial charge in [0.15, 0.2) is 0 Å². The van der Waals surface area contributed by atoms with Crippen LogP contribution in [0.5, 0.6) is 0 Å². The fourth-order valence-corrected chi connectivity index (χ4v) is 2.90. The average molecular weight is 350 g/mol. The number of hydrogen-bond acceptors (Lipinski definition) is 3. The number of amides is 2. The number of carbonyl (C=O) groups is 2. The minimum Gasteiger partial charge on any atom is -0.347 e. The molecule has 0 atom stereocenters. The number of fused-ring (bicyclic) bond motifs is 1. The summed E-state index contributed by atoms with van der Waals surface area (Å²) >= 11 is 0. The number of aromatic nitrogens is 2. The van der Waals surface area contributed by atoms with Crippen molar-refractivity contribution in [3.8, 4) is 0 Å². The molecule has 6 nitrogen and oxygen atoms in total. The van der Waals surface area contributed by atoms with E-state index in [0.717, 1.165) is 29.0 Å². The maximum absolute atomic E-state index is 12.1. The lowest BCUT2D eigenvalue weighted by Gasteiger charge is -2.09. The highest BCUT2D eigenvalue weighted by Crippen LogP contribution is 2.15. The third-order valence-electron chi connectivity index (χ3n) is 4.18. The Morgan fingerprint density at radius 1 is 1.08 bits per heavy atom. The highest BCUT2D eigenvalue weighted by Gasteiger charge is 2.11. The summed E-state index contributed by atoms with van der Waals surface area (Å²) in [5.74, 6) is 0.289. The van der Waals surface area contributed by atoms with Crippen LogP contribution >= 0.6 is 0 Å². The topological polar surface area (TPSA) is 76.0 Å². The Hall–Kier alpha value is -3.15. The zero-order valence-corrected chi connectivity index (χ0v) is 15.0. The van der Waals surface area contributed by atoms with Crippen molar-refractivity contribution < 1.29 is 9.59 Å². The van der Waals surface area contributed by atoms with Crippen molar-refractivity contribution in [1.29, 1.82) is 0 Å². The number of carbonyl (C=O) groups excluding carboxylic acids is 2. The van der Waals surface area contributed by atoms with Crippen molar-refractivity contribution in [3.05, 3.63) is 65.5 Å². The molecule has 134 valence electrons. The normalized spacial score (nSPS) is 10.7. The molecular weight excluding hydrogens is 328 g/mol. The van der Waals surface area contributed by atoms with Crippen LogP contribution in [-0.2, 0) is 17.9 Å². The number of rotatable bonds is 6. The van der Waals surface area contributed by atoms with Crippen molar-refractivity contribution in [2.24, 2.45) is 0 Å². The van der Waals surface area contributed by atoms with Crippen LogP contribution in [0.15, 0.2) is 48.5 Å². The Morgan fingerprint density at radius 2 is 1.88 bits per heavy atom. The van der Waals surface area contributed by atoms with Gasteiger partial charge in [-0.25, -0.2) is 4.98 Å². The van der Waals surface area contributed by atoms with Crippen LogP contribution in [0.25, 0.3) is 11.0 Å². The van der Waals surface area contributed by atoms with Crippen molar-refractivity contribution in [3.63, 3.8) is 0 Å². The molecule has 0 fully saturated rings. The first kappa shape index (κ1) is 17.7. The Kier molecular flexibility index (Phi) is 5.31. The van der Waals surface area contributed by atoms with Crippen LogP contribution in [0.3, 0.4) is 0 Å². The van der Waals surface area contributed by atoms with Gasteiger partial charge in [-0.05, 0) is 38.1 Å². The SMILES string of the molecule is CCn1c(CNC(=O)CNC(=O)c2cccc(C)c2)nc2ccccc21. The second-order valence-corrected chi connectivity index (χ2v) is 6.09. The number of hydrogen-bond donors (Lipinski definition) is 2. The summed E-state index contributed by atoms with van der Waals surface area (Å²) in [6, 6.07) is 15.1. The van der Waals surface area contributed by atoms with E-state index in [2.05, 4.69) is 20.2 Å². The number of para-hydroxylation sites is 2. The molecule has 0 aliphatic rings. The highest BCUT2D eigenvalue weighted by molar-refractivity contribution is 5.96. The van der Waals surface area contributed by atoms with E-state index in [1.54, 1.807) is 12.1 Å². The van der Waals surface area contributed by atoms with Crippen LogP contribution < -0.4 is 10.6 Å². The molecule has 0 radical (unpaired) electrons. The molecule has 2 amide bonds. The van der Waals surface area contributed by atoms with Crippen molar-refractivity contribution in [2.45, 2.75) is 26.9 Å². The van der Waals surface area contributed by atoms with E-state index in [0.29, 0.717) is 12.1 Å². The second-order valence-electron chi connectivity index (χ2n) is 6.09. The Labute approximate surface area is 152 Å². The van der Waals surface area contributed by atoms with E-state index >= 15 is 0 Å². The van der Waals surface area contributed by atoms with Crippen molar-refractivity contribution >= 4 is 22.8 Å². The number of nitrogens with zero attached hydrogens (tertiary/aromatic N) is 2. The lowest BCUT2D eigenvalue weighted by Crippen LogP contribution is -2.37. The molecular formula is C20H22N4O2. The molecule has 26 heavy (non-hydrogen) atoms. The predicted octanol–water partition coefficient (Wildman–Crippen LogP) is 2.41. The molecule has 1 heterocycles. The molecule has 3 aromatic rings. The fourth-order valence-electron chi connectivity index (χ4n) is 2.90. The zero-order valence-electron chi connectivity index (χ0n) is 15.0. The Morgan fingerprint density at radius 3 is 2.65 bits per heavy atom. The van der Waals surface area contributed by atoms with Gasteiger partial charge in [0.2, 0.25) is 5.91 Å². The van der Waals surface area contributed by atoms with Crippen LogP contribution in [0, 0.1) is 6.92 Å². The van der Waals surface area contributed by atoms with Crippen LogP contribution in [-0.4, -0.2) is 27.9 Å². The summed E-state index contributed by atoms with van der Waals surface area (Å²) in [4.78, 5) is 28.7. The van der Waals surface area contributed by atoms with Crippen molar-refractivity contribution in [1.82, 2.24) is 20.2 Å². The van der Waals surface area contributed by atoms with Gasteiger partial charge < -0.3 is 15.2 Å². The largest absolute Gasteiger partial charge is 0.347 e. The lowest BCUT2D eigenvalue weighted by molar-refractivity contribution is -0.120. The van der Waals surface area contributed by atoms with Gasteiger partial charge in [-0.15, -0.1) is 0 Å². The second kappa shape index (κ2) is 7.82. The molecule has 0 bridgehead atoms. The Bertz CT molecular complexity index is 946. The molecule has 2 N–H and O–H groups in total. The van der Waals surface area contributed by atoms with Crippen LogP contribution in [0.2, 0.25) is 0 Å². The van der Waals surface area contributed by atoms with Crippen LogP contribution in [0.4, 0.5) is 0 Å². The molecule has 0 saturated carbocycles. The number of aryl methyl sites for hydroxylation is 2. The average Bonchev–Trinajstić information content (AvgIpc) is 3.01. The predicted molar refractivity (Wildman–Crippen MR) is 101 cm³/mol. The van der Waals surface area contributed by atoms with Gasteiger partial charge in [-0.3, -0.25) is 9.59 Å². The smallest absolute Gasteiger partial charge is 0.251 e. The summed E-state index contributed by atoms with van der Waals surface area (Å²) < 4.78 is 2.07. The van der Waals surface area contributed by atoms with Gasteiger partial charge in [-0.1, -0.05) is 29.8 Å². The molecule has 3 rings (SSSR count). The molecule has 0 unspecified atom stereocenters.